The zero-order chi connectivity index (χ0) is 21.6. The molecule has 1 heterocycles. The van der Waals surface area contributed by atoms with Gasteiger partial charge in [0.2, 0.25) is 0 Å². The summed E-state index contributed by atoms with van der Waals surface area (Å²) in [4.78, 5) is 11.4. The molecule has 0 atom stereocenters. The Labute approximate surface area is 184 Å². The van der Waals surface area contributed by atoms with Crippen LogP contribution in [-0.2, 0) is 17.7 Å². The molecule has 0 unspecified atom stereocenters. The molecule has 0 aliphatic carbocycles. The van der Waals surface area contributed by atoms with Crippen LogP contribution in [0.2, 0.25) is 0 Å². The molecule has 0 fully saturated rings. The van der Waals surface area contributed by atoms with Gasteiger partial charge >= 0.3 is 0 Å². The molecule has 0 radical (unpaired) electrons. The molecule has 166 valence electrons. The molecular weight excluding hydrogens is 398 g/mol. The van der Waals surface area contributed by atoms with Crippen LogP contribution in [0, 0.1) is 6.92 Å². The Kier molecular flexibility index (Phi) is 11.2. The number of aliphatic imine (C=N–C) groups is 1. The van der Waals surface area contributed by atoms with E-state index in [1.807, 2.05) is 19.1 Å². The van der Waals surface area contributed by atoms with E-state index in [0.29, 0.717) is 13.2 Å². The van der Waals surface area contributed by atoms with E-state index in [4.69, 9.17) is 14.5 Å². The first-order valence-corrected chi connectivity index (χ1v) is 11.3. The monoisotopic (exact) mass is 433 g/mol. The molecule has 7 nitrogen and oxygen atoms in total. The zero-order valence-corrected chi connectivity index (χ0v) is 19.4. The zero-order valence-electron chi connectivity index (χ0n) is 18.6. The van der Waals surface area contributed by atoms with Crippen LogP contribution in [0.25, 0.3) is 0 Å². The number of nitrogens with zero attached hydrogens (tertiary/aromatic N) is 3. The molecular formula is C22H35N5O2S. The first kappa shape index (κ1) is 24.1. The van der Waals surface area contributed by atoms with Crippen LogP contribution in [-0.4, -0.2) is 69.4 Å². The van der Waals surface area contributed by atoms with Gasteiger partial charge in [0.15, 0.2) is 5.96 Å². The van der Waals surface area contributed by atoms with Gasteiger partial charge in [-0.1, -0.05) is 12.1 Å². The quantitative estimate of drug-likeness (QED) is 0.374. The summed E-state index contributed by atoms with van der Waals surface area (Å²) in [6.45, 7) is 9.45. The molecule has 0 bridgehead atoms. The number of benzene rings is 1. The minimum absolute atomic E-state index is 0.593. The fourth-order valence-corrected chi connectivity index (χ4v) is 3.40. The number of rotatable bonds is 13. The van der Waals surface area contributed by atoms with Crippen molar-refractivity contribution in [3.8, 4) is 5.75 Å². The Hall–Kier alpha value is -2.16. The second-order valence-electron chi connectivity index (χ2n) is 7.02. The second kappa shape index (κ2) is 14.0. The van der Waals surface area contributed by atoms with Crippen molar-refractivity contribution < 1.29 is 9.47 Å². The van der Waals surface area contributed by atoms with Gasteiger partial charge in [-0.05, 0) is 38.6 Å². The van der Waals surface area contributed by atoms with Crippen LogP contribution in [0.3, 0.4) is 0 Å². The normalized spacial score (nSPS) is 11.7. The number of thiazole rings is 1. The van der Waals surface area contributed by atoms with Gasteiger partial charge in [0.1, 0.15) is 12.4 Å². The van der Waals surface area contributed by atoms with Crippen LogP contribution < -0.4 is 15.4 Å². The topological polar surface area (TPSA) is 71.0 Å². The first-order chi connectivity index (χ1) is 14.6. The average Bonchev–Trinajstić information content (AvgIpc) is 3.16. The number of aromatic nitrogens is 1. The minimum Gasteiger partial charge on any atom is -0.492 e. The maximum Gasteiger partial charge on any atom is 0.191 e. The Bertz CT molecular complexity index is 765. The number of aryl methyl sites for hydroxylation is 1. The van der Waals surface area contributed by atoms with E-state index >= 15 is 0 Å². The Balaban J connectivity index is 1.80. The smallest absolute Gasteiger partial charge is 0.191 e. The van der Waals surface area contributed by atoms with E-state index in [2.05, 4.69) is 52.0 Å². The van der Waals surface area contributed by atoms with E-state index in [0.717, 1.165) is 67.2 Å². The highest BCUT2D eigenvalue weighted by atomic mass is 32.1. The molecule has 30 heavy (non-hydrogen) atoms. The summed E-state index contributed by atoms with van der Waals surface area (Å²) in [5, 5.41) is 9.90. The maximum atomic E-state index is 5.90. The summed E-state index contributed by atoms with van der Waals surface area (Å²) in [5.74, 6) is 1.69. The molecule has 0 spiro atoms. The van der Waals surface area contributed by atoms with E-state index < -0.39 is 0 Å². The molecule has 0 saturated heterocycles. The van der Waals surface area contributed by atoms with Gasteiger partial charge in [0, 0.05) is 45.1 Å². The van der Waals surface area contributed by atoms with Gasteiger partial charge in [-0.15, -0.1) is 11.3 Å². The lowest BCUT2D eigenvalue weighted by atomic mass is 10.2. The number of methoxy groups -OCH3 is 1. The number of likely N-dealkylation sites (N-methyl/N-ethyl adjacent to an activating group) is 1. The van der Waals surface area contributed by atoms with Crippen LogP contribution in [0.5, 0.6) is 5.75 Å². The fraction of sp³-hybridized carbons (Fsp3) is 0.545. The number of hydrogen-bond acceptors (Lipinski definition) is 6. The Morgan fingerprint density at radius 3 is 2.80 bits per heavy atom. The highest BCUT2D eigenvalue weighted by Gasteiger charge is 2.03. The molecule has 0 aliphatic rings. The molecule has 1 aromatic heterocycles. The van der Waals surface area contributed by atoms with Crippen LogP contribution in [0.15, 0.2) is 34.6 Å². The third kappa shape index (κ3) is 9.56. The van der Waals surface area contributed by atoms with Gasteiger partial charge in [-0.25, -0.2) is 9.98 Å². The molecule has 0 aliphatic heterocycles. The van der Waals surface area contributed by atoms with Crippen molar-refractivity contribution in [1.82, 2.24) is 20.5 Å². The molecule has 0 amide bonds. The number of nitrogens with one attached hydrogen (secondary N) is 2. The summed E-state index contributed by atoms with van der Waals surface area (Å²) < 4.78 is 11.0. The molecule has 2 N–H and O–H groups in total. The van der Waals surface area contributed by atoms with Gasteiger partial charge in [-0.3, -0.25) is 0 Å². The lowest BCUT2D eigenvalue weighted by Gasteiger charge is -2.16. The average molecular weight is 434 g/mol. The molecule has 2 aromatic rings. The van der Waals surface area contributed by atoms with Gasteiger partial charge < -0.3 is 25.0 Å². The van der Waals surface area contributed by atoms with Gasteiger partial charge in [0.05, 0.1) is 23.9 Å². The summed E-state index contributed by atoms with van der Waals surface area (Å²) in [5.41, 5.74) is 2.24. The van der Waals surface area contributed by atoms with Crippen molar-refractivity contribution in [3.05, 3.63) is 45.9 Å². The van der Waals surface area contributed by atoms with Crippen molar-refractivity contribution in [3.63, 3.8) is 0 Å². The number of hydrogen-bond donors (Lipinski definition) is 2. The van der Waals surface area contributed by atoms with Crippen molar-refractivity contribution >= 4 is 17.3 Å². The summed E-state index contributed by atoms with van der Waals surface area (Å²) >= 11 is 1.69. The highest BCUT2D eigenvalue weighted by Crippen LogP contribution is 2.14. The fourth-order valence-electron chi connectivity index (χ4n) is 2.76. The third-order valence-electron chi connectivity index (χ3n) is 4.42. The van der Waals surface area contributed by atoms with Crippen molar-refractivity contribution in [1.29, 1.82) is 0 Å². The van der Waals surface area contributed by atoms with Gasteiger partial charge in [-0.2, -0.15) is 0 Å². The van der Waals surface area contributed by atoms with Crippen LogP contribution in [0.1, 0.15) is 23.2 Å². The minimum atomic E-state index is 0.593. The predicted molar refractivity (Wildman–Crippen MR) is 125 cm³/mol. The van der Waals surface area contributed by atoms with Crippen molar-refractivity contribution in [2.45, 2.75) is 26.8 Å². The summed E-state index contributed by atoms with van der Waals surface area (Å²) in [7, 11) is 3.79. The largest absolute Gasteiger partial charge is 0.492 e. The Morgan fingerprint density at radius 1 is 1.23 bits per heavy atom. The van der Waals surface area contributed by atoms with Crippen molar-refractivity contribution in [2.24, 2.45) is 4.99 Å². The molecule has 2 rings (SSSR count). The first-order valence-electron chi connectivity index (χ1n) is 10.4. The molecule has 0 saturated carbocycles. The highest BCUT2D eigenvalue weighted by molar-refractivity contribution is 7.09. The van der Waals surface area contributed by atoms with Crippen LogP contribution >= 0.6 is 11.3 Å². The SMILES string of the molecule is CCNC(=NCc1cccc(OCCN(C)CCOC)c1)NCCc1csc(C)n1. The van der Waals surface area contributed by atoms with E-state index in [-0.39, 0.29) is 0 Å². The number of ether oxygens (including phenoxy) is 2. The summed E-state index contributed by atoms with van der Waals surface area (Å²) in [6.07, 6.45) is 0.886. The van der Waals surface area contributed by atoms with E-state index in [1.54, 1.807) is 18.4 Å². The lowest BCUT2D eigenvalue weighted by molar-refractivity contribution is 0.150. The third-order valence-corrected chi connectivity index (χ3v) is 5.24. The molecule has 8 heteroatoms. The summed E-state index contributed by atoms with van der Waals surface area (Å²) in [6, 6.07) is 8.13. The number of guanidine groups is 1. The Morgan fingerprint density at radius 2 is 2.07 bits per heavy atom. The second-order valence-corrected chi connectivity index (χ2v) is 8.08. The maximum absolute atomic E-state index is 5.90. The van der Waals surface area contributed by atoms with E-state index in [1.165, 1.54) is 0 Å². The van der Waals surface area contributed by atoms with Gasteiger partial charge in [0.25, 0.3) is 0 Å². The lowest BCUT2D eigenvalue weighted by Crippen LogP contribution is -2.38. The standard InChI is InChI=1S/C22H35N5O2S/c1-5-23-22(24-10-9-20-17-30-18(2)26-20)25-16-19-7-6-8-21(15-19)29-14-12-27(3)11-13-28-4/h6-8,15,17H,5,9-14,16H2,1-4H3,(H2,23,24,25). The van der Waals surface area contributed by atoms with E-state index in [9.17, 15) is 0 Å². The molecule has 1 aromatic carbocycles. The predicted octanol–water partition coefficient (Wildman–Crippen LogP) is 2.71. The van der Waals surface area contributed by atoms with Crippen molar-refractivity contribution in [2.75, 3.05) is 53.6 Å². The van der Waals surface area contributed by atoms with Crippen LogP contribution in [0.4, 0.5) is 0 Å².